The van der Waals surface area contributed by atoms with Crippen molar-refractivity contribution in [1.29, 1.82) is 0 Å². The first-order chi connectivity index (χ1) is 14.8. The van der Waals surface area contributed by atoms with Gasteiger partial charge >= 0.3 is 0 Å². The Bertz CT molecular complexity index is 1080. The van der Waals surface area contributed by atoms with Crippen molar-refractivity contribution in [3.05, 3.63) is 47.3 Å². The lowest BCUT2D eigenvalue weighted by Crippen LogP contribution is -2.41. The van der Waals surface area contributed by atoms with Crippen LogP contribution in [0, 0.1) is 6.92 Å². The fourth-order valence-corrected chi connectivity index (χ4v) is 5.15. The summed E-state index contributed by atoms with van der Waals surface area (Å²) in [6, 6.07) is 7.57. The van der Waals surface area contributed by atoms with Gasteiger partial charge in [-0.15, -0.1) is 0 Å². The summed E-state index contributed by atoms with van der Waals surface area (Å²) < 4.78 is 4.74. The maximum absolute atomic E-state index is 5.05. The molecule has 0 unspecified atom stereocenters. The number of aromatic nitrogens is 4. The lowest BCUT2D eigenvalue weighted by atomic mass is 9.91. The highest BCUT2D eigenvalue weighted by Crippen LogP contribution is 2.29. The maximum atomic E-state index is 5.05. The summed E-state index contributed by atoms with van der Waals surface area (Å²) in [4.78, 5) is 12.5. The van der Waals surface area contributed by atoms with Crippen molar-refractivity contribution in [1.82, 2.24) is 24.0 Å². The molecule has 3 aliphatic rings. The number of hydrogen-bond acceptors (Lipinski definition) is 4. The Kier molecular flexibility index (Phi) is 5.21. The van der Waals surface area contributed by atoms with Gasteiger partial charge in [-0.1, -0.05) is 12.5 Å². The van der Waals surface area contributed by atoms with Gasteiger partial charge < -0.3 is 10.3 Å². The maximum Gasteiger partial charge on any atom is 0.111 e. The molecule has 2 aliphatic carbocycles. The predicted octanol–water partition coefficient (Wildman–Crippen LogP) is 3.48. The number of imidazole rings is 2. The summed E-state index contributed by atoms with van der Waals surface area (Å²) in [6.07, 6.45) is 11.8. The Morgan fingerprint density at radius 2 is 1.90 bits per heavy atom. The van der Waals surface area contributed by atoms with E-state index < -0.39 is 0 Å². The SMILES string of the molecule is CN.Cc1nc2c(n1-c1ccc3c(c1)nc1n3CCN(C3CCC3)CC1)C=CCC2. The van der Waals surface area contributed by atoms with Crippen LogP contribution in [0.2, 0.25) is 0 Å². The van der Waals surface area contributed by atoms with E-state index in [4.69, 9.17) is 9.97 Å². The number of aryl methyl sites for hydroxylation is 2. The van der Waals surface area contributed by atoms with E-state index in [0.29, 0.717) is 0 Å². The van der Waals surface area contributed by atoms with Gasteiger partial charge in [0, 0.05) is 37.8 Å². The van der Waals surface area contributed by atoms with Crippen LogP contribution in [0.1, 0.15) is 48.7 Å². The molecule has 2 aromatic heterocycles. The van der Waals surface area contributed by atoms with Crippen LogP contribution in [0.3, 0.4) is 0 Å². The zero-order valence-electron chi connectivity index (χ0n) is 18.1. The third kappa shape index (κ3) is 3.19. The molecule has 0 bridgehead atoms. The lowest BCUT2D eigenvalue weighted by molar-refractivity contribution is 0.130. The molecule has 158 valence electrons. The molecule has 1 saturated carbocycles. The number of nitrogens with two attached hydrogens (primary N) is 1. The van der Waals surface area contributed by atoms with Crippen LogP contribution in [0.25, 0.3) is 22.8 Å². The van der Waals surface area contributed by atoms with E-state index >= 15 is 0 Å². The summed E-state index contributed by atoms with van der Waals surface area (Å²) in [5, 5.41) is 0. The molecule has 3 aromatic rings. The van der Waals surface area contributed by atoms with E-state index in [2.05, 4.69) is 57.0 Å². The molecule has 0 spiro atoms. The second-order valence-corrected chi connectivity index (χ2v) is 8.49. The molecule has 0 atom stereocenters. The first kappa shape index (κ1) is 19.5. The molecule has 0 radical (unpaired) electrons. The predicted molar refractivity (Wildman–Crippen MR) is 122 cm³/mol. The van der Waals surface area contributed by atoms with E-state index in [1.165, 1.54) is 54.7 Å². The summed E-state index contributed by atoms with van der Waals surface area (Å²) in [7, 11) is 1.50. The van der Waals surface area contributed by atoms with Gasteiger partial charge in [0.05, 0.1) is 22.4 Å². The van der Waals surface area contributed by atoms with Crippen molar-refractivity contribution in [3.63, 3.8) is 0 Å². The Morgan fingerprint density at radius 1 is 1.03 bits per heavy atom. The molecule has 0 amide bonds. The molecule has 6 nitrogen and oxygen atoms in total. The minimum Gasteiger partial charge on any atom is -0.333 e. The highest BCUT2D eigenvalue weighted by Gasteiger charge is 2.27. The fraction of sp³-hybridized carbons (Fsp3) is 0.500. The summed E-state index contributed by atoms with van der Waals surface area (Å²) in [5.41, 5.74) is 10.5. The third-order valence-electron chi connectivity index (χ3n) is 6.87. The quantitative estimate of drug-likeness (QED) is 0.710. The normalized spacial score (nSPS) is 18.9. The number of rotatable bonds is 2. The molecule has 0 saturated heterocycles. The van der Waals surface area contributed by atoms with Crippen LogP contribution in [0.15, 0.2) is 24.3 Å². The van der Waals surface area contributed by atoms with E-state index in [1.54, 1.807) is 0 Å². The van der Waals surface area contributed by atoms with Gasteiger partial charge in [0.1, 0.15) is 11.6 Å². The molecule has 1 aliphatic heterocycles. The molecule has 6 heteroatoms. The average Bonchev–Trinajstić information content (AvgIpc) is 3.18. The standard InChI is InChI=1S/C23H27N5.CH5N/c1-16-24-19-7-2-3-8-22(19)28(16)18-9-10-21-20(15-18)25-23-11-12-26(13-14-27(21)23)17-5-4-6-17;1-2/h3,8-10,15,17H,2,4-7,11-14H2,1H3;2H2,1H3. The summed E-state index contributed by atoms with van der Waals surface area (Å²) >= 11 is 0. The zero-order valence-corrected chi connectivity index (χ0v) is 18.1. The number of benzene rings is 1. The van der Waals surface area contributed by atoms with Crippen molar-refractivity contribution in [2.24, 2.45) is 5.73 Å². The molecular weight excluding hydrogens is 372 g/mol. The zero-order chi connectivity index (χ0) is 20.7. The number of hydrogen-bond donors (Lipinski definition) is 1. The van der Waals surface area contributed by atoms with Crippen LogP contribution < -0.4 is 5.73 Å². The topological polar surface area (TPSA) is 64.9 Å². The van der Waals surface area contributed by atoms with Crippen molar-refractivity contribution < 1.29 is 0 Å². The van der Waals surface area contributed by atoms with E-state index in [-0.39, 0.29) is 0 Å². The van der Waals surface area contributed by atoms with Gasteiger partial charge in [-0.3, -0.25) is 9.47 Å². The Morgan fingerprint density at radius 3 is 2.70 bits per heavy atom. The van der Waals surface area contributed by atoms with Gasteiger partial charge in [-0.25, -0.2) is 9.97 Å². The van der Waals surface area contributed by atoms with Crippen LogP contribution in [0.5, 0.6) is 0 Å². The number of nitrogens with zero attached hydrogens (tertiary/aromatic N) is 5. The van der Waals surface area contributed by atoms with Crippen molar-refractivity contribution in [3.8, 4) is 5.69 Å². The summed E-state index contributed by atoms with van der Waals surface area (Å²) in [5.74, 6) is 2.31. The highest BCUT2D eigenvalue weighted by molar-refractivity contribution is 5.79. The molecule has 3 heterocycles. The Labute approximate surface area is 178 Å². The first-order valence-corrected chi connectivity index (χ1v) is 11.3. The van der Waals surface area contributed by atoms with Gasteiger partial charge in [-0.05, 0) is 63.9 Å². The van der Waals surface area contributed by atoms with Crippen LogP contribution >= 0.6 is 0 Å². The van der Waals surface area contributed by atoms with Crippen LogP contribution in [-0.4, -0.2) is 50.2 Å². The van der Waals surface area contributed by atoms with E-state index in [1.807, 2.05) is 0 Å². The van der Waals surface area contributed by atoms with E-state index in [9.17, 15) is 0 Å². The molecular formula is C24H32N6. The minimum absolute atomic E-state index is 0.825. The van der Waals surface area contributed by atoms with Gasteiger partial charge in [-0.2, -0.15) is 0 Å². The number of allylic oxidation sites excluding steroid dienone is 1. The molecule has 6 rings (SSSR count). The highest BCUT2D eigenvalue weighted by atomic mass is 15.2. The van der Waals surface area contributed by atoms with Crippen LogP contribution in [-0.2, 0) is 19.4 Å². The summed E-state index contributed by atoms with van der Waals surface area (Å²) in [6.45, 7) is 5.47. The Balaban J connectivity index is 0.000000937. The van der Waals surface area contributed by atoms with Crippen molar-refractivity contribution >= 4 is 17.1 Å². The second kappa shape index (κ2) is 8.00. The molecule has 1 aromatic carbocycles. The molecule has 2 N–H and O–H groups in total. The van der Waals surface area contributed by atoms with Gasteiger partial charge in [0.2, 0.25) is 0 Å². The lowest BCUT2D eigenvalue weighted by Gasteiger charge is -2.36. The fourth-order valence-electron chi connectivity index (χ4n) is 5.15. The van der Waals surface area contributed by atoms with Crippen molar-refractivity contribution in [2.75, 3.05) is 20.1 Å². The van der Waals surface area contributed by atoms with E-state index in [0.717, 1.165) is 56.3 Å². The van der Waals surface area contributed by atoms with Gasteiger partial charge in [0.15, 0.2) is 0 Å². The van der Waals surface area contributed by atoms with Crippen molar-refractivity contribution in [2.45, 2.75) is 58.0 Å². The smallest absolute Gasteiger partial charge is 0.111 e. The van der Waals surface area contributed by atoms with Crippen LogP contribution in [0.4, 0.5) is 0 Å². The second-order valence-electron chi connectivity index (χ2n) is 8.49. The Hall–Kier alpha value is -2.44. The monoisotopic (exact) mass is 404 g/mol. The largest absolute Gasteiger partial charge is 0.333 e. The average molecular weight is 405 g/mol. The molecule has 30 heavy (non-hydrogen) atoms. The first-order valence-electron chi connectivity index (χ1n) is 11.3. The minimum atomic E-state index is 0.825. The molecule has 1 fully saturated rings. The number of fused-ring (bicyclic) bond motifs is 4. The third-order valence-corrected chi connectivity index (χ3v) is 6.87. The van der Waals surface area contributed by atoms with Gasteiger partial charge in [0.25, 0.3) is 0 Å².